The van der Waals surface area contributed by atoms with Gasteiger partial charge in [-0.05, 0) is 72.8 Å². The van der Waals surface area contributed by atoms with Crippen molar-refractivity contribution in [2.45, 2.75) is 44.9 Å². The Bertz CT molecular complexity index is 821. The molecule has 144 valence electrons. The predicted molar refractivity (Wildman–Crippen MR) is 102 cm³/mol. The minimum absolute atomic E-state index is 0.0244. The summed E-state index contributed by atoms with van der Waals surface area (Å²) in [5.41, 5.74) is 2.02. The number of hydrogen-bond donors (Lipinski definition) is 0. The smallest absolute Gasteiger partial charge is 0.200 e. The quantitative estimate of drug-likeness (QED) is 0.568. The van der Waals surface area contributed by atoms with Crippen molar-refractivity contribution in [3.8, 4) is 5.75 Å². The van der Waals surface area contributed by atoms with Gasteiger partial charge in [0.2, 0.25) is 5.82 Å². The van der Waals surface area contributed by atoms with Crippen LogP contribution in [0.25, 0.3) is 6.08 Å². The fourth-order valence-corrected chi connectivity index (χ4v) is 3.84. The molecular formula is C23H25F3O. The van der Waals surface area contributed by atoms with Crippen LogP contribution in [-0.2, 0) is 6.42 Å². The van der Waals surface area contributed by atoms with Gasteiger partial charge in [0.1, 0.15) is 5.82 Å². The van der Waals surface area contributed by atoms with E-state index in [-0.39, 0.29) is 17.5 Å². The lowest BCUT2D eigenvalue weighted by atomic mass is 9.78. The summed E-state index contributed by atoms with van der Waals surface area (Å²) < 4.78 is 46.9. The first-order valence-corrected chi connectivity index (χ1v) is 9.52. The highest BCUT2D eigenvalue weighted by atomic mass is 19.2. The van der Waals surface area contributed by atoms with Crippen LogP contribution < -0.4 is 4.74 Å². The highest BCUT2D eigenvalue weighted by Gasteiger charge is 2.25. The zero-order chi connectivity index (χ0) is 19.4. The molecule has 0 radical (unpaired) electrons. The van der Waals surface area contributed by atoms with E-state index < -0.39 is 11.6 Å². The second-order valence-corrected chi connectivity index (χ2v) is 7.16. The molecule has 1 aliphatic rings. The molecule has 2 aromatic carbocycles. The molecule has 0 heterocycles. The van der Waals surface area contributed by atoms with Crippen molar-refractivity contribution in [1.82, 2.24) is 0 Å². The average molecular weight is 374 g/mol. The van der Waals surface area contributed by atoms with Crippen molar-refractivity contribution in [2.75, 3.05) is 7.11 Å². The molecule has 2 aromatic rings. The Hall–Kier alpha value is -2.23. The third-order valence-electron chi connectivity index (χ3n) is 5.53. The molecule has 0 aromatic heterocycles. The maximum atomic E-state index is 14.3. The summed E-state index contributed by atoms with van der Waals surface area (Å²) in [7, 11) is 1.33. The van der Waals surface area contributed by atoms with Crippen molar-refractivity contribution in [3.05, 3.63) is 70.5 Å². The van der Waals surface area contributed by atoms with Crippen LogP contribution in [0.1, 0.15) is 55.2 Å². The summed E-state index contributed by atoms with van der Waals surface area (Å²) in [6.45, 7) is 1.93. The molecule has 0 N–H and O–H groups in total. The molecule has 4 heteroatoms. The Morgan fingerprint density at radius 2 is 1.74 bits per heavy atom. The van der Waals surface area contributed by atoms with Gasteiger partial charge < -0.3 is 4.74 Å². The van der Waals surface area contributed by atoms with Gasteiger partial charge in [-0.1, -0.05) is 37.3 Å². The molecule has 0 spiro atoms. The Balaban J connectivity index is 1.62. The van der Waals surface area contributed by atoms with E-state index in [9.17, 15) is 13.2 Å². The second kappa shape index (κ2) is 8.64. The molecule has 1 fully saturated rings. The normalized spacial score (nSPS) is 20.2. The summed E-state index contributed by atoms with van der Waals surface area (Å²) >= 11 is 0. The maximum Gasteiger partial charge on any atom is 0.200 e. The van der Waals surface area contributed by atoms with Crippen LogP contribution >= 0.6 is 0 Å². The average Bonchev–Trinajstić information content (AvgIpc) is 2.69. The summed E-state index contributed by atoms with van der Waals surface area (Å²) in [6.07, 6.45) is 8.18. The minimum atomic E-state index is -0.908. The van der Waals surface area contributed by atoms with E-state index in [1.54, 1.807) is 12.1 Å². The Morgan fingerprint density at radius 1 is 1.00 bits per heavy atom. The van der Waals surface area contributed by atoms with Gasteiger partial charge in [-0.3, -0.25) is 0 Å². The van der Waals surface area contributed by atoms with Gasteiger partial charge in [-0.25, -0.2) is 8.78 Å². The number of ether oxygens (including phenoxy) is 1. The van der Waals surface area contributed by atoms with E-state index >= 15 is 0 Å². The van der Waals surface area contributed by atoms with Crippen LogP contribution in [0.15, 0.2) is 36.4 Å². The fraction of sp³-hybridized carbons (Fsp3) is 0.391. The van der Waals surface area contributed by atoms with Crippen molar-refractivity contribution < 1.29 is 17.9 Å². The summed E-state index contributed by atoms with van der Waals surface area (Å²) in [5.74, 6) is -1.53. The lowest BCUT2D eigenvalue weighted by molar-refractivity contribution is 0.350. The number of aryl methyl sites for hydroxylation is 1. The van der Waals surface area contributed by atoms with E-state index in [2.05, 4.69) is 6.08 Å². The fourth-order valence-electron chi connectivity index (χ4n) is 3.84. The van der Waals surface area contributed by atoms with E-state index in [1.807, 2.05) is 25.1 Å². The monoisotopic (exact) mass is 374 g/mol. The zero-order valence-electron chi connectivity index (χ0n) is 15.8. The van der Waals surface area contributed by atoms with E-state index in [4.69, 9.17) is 4.74 Å². The predicted octanol–water partition coefficient (Wildman–Crippen LogP) is 6.66. The molecule has 1 aliphatic carbocycles. The maximum absolute atomic E-state index is 14.3. The van der Waals surface area contributed by atoms with Crippen LogP contribution in [0.5, 0.6) is 5.75 Å². The zero-order valence-corrected chi connectivity index (χ0v) is 15.8. The van der Waals surface area contributed by atoms with Gasteiger partial charge in [0.25, 0.3) is 0 Å². The number of hydrogen-bond acceptors (Lipinski definition) is 1. The molecule has 27 heavy (non-hydrogen) atoms. The molecule has 0 unspecified atom stereocenters. The third-order valence-corrected chi connectivity index (χ3v) is 5.53. The standard InChI is InChI=1S/C23H25F3O/c1-3-17-9-8-16(14-20(17)24)5-4-15-6-10-18(11-7-15)19-12-13-21(27-2)23(26)22(19)25/h4-5,8-9,12-15,18H,3,6-7,10-11H2,1-2H3. The first-order chi connectivity index (χ1) is 13.0. The first kappa shape index (κ1) is 19.5. The summed E-state index contributed by atoms with van der Waals surface area (Å²) in [6, 6.07) is 8.45. The van der Waals surface area contributed by atoms with E-state index in [0.717, 1.165) is 36.8 Å². The highest BCUT2D eigenvalue weighted by Crippen LogP contribution is 2.39. The molecule has 1 saturated carbocycles. The molecule has 0 bridgehead atoms. The van der Waals surface area contributed by atoms with Crippen LogP contribution in [0, 0.1) is 23.4 Å². The van der Waals surface area contributed by atoms with Crippen molar-refractivity contribution in [1.29, 1.82) is 0 Å². The van der Waals surface area contributed by atoms with Gasteiger partial charge >= 0.3 is 0 Å². The molecular weight excluding hydrogens is 349 g/mol. The van der Waals surface area contributed by atoms with Gasteiger partial charge in [-0.15, -0.1) is 0 Å². The first-order valence-electron chi connectivity index (χ1n) is 9.52. The number of allylic oxidation sites excluding steroid dienone is 1. The van der Waals surface area contributed by atoms with Gasteiger partial charge in [-0.2, -0.15) is 4.39 Å². The Labute approximate surface area is 158 Å². The van der Waals surface area contributed by atoms with Crippen LogP contribution in [0.2, 0.25) is 0 Å². The van der Waals surface area contributed by atoms with Gasteiger partial charge in [0.05, 0.1) is 7.11 Å². The molecule has 3 rings (SSSR count). The topological polar surface area (TPSA) is 9.23 Å². The Morgan fingerprint density at radius 3 is 2.37 bits per heavy atom. The molecule has 1 nitrogen and oxygen atoms in total. The number of rotatable bonds is 5. The van der Waals surface area contributed by atoms with Gasteiger partial charge in [0, 0.05) is 0 Å². The second-order valence-electron chi connectivity index (χ2n) is 7.16. The van der Waals surface area contributed by atoms with Crippen molar-refractivity contribution >= 4 is 6.08 Å². The van der Waals surface area contributed by atoms with Crippen molar-refractivity contribution in [2.24, 2.45) is 5.92 Å². The number of methoxy groups -OCH3 is 1. The van der Waals surface area contributed by atoms with E-state index in [0.29, 0.717) is 17.9 Å². The van der Waals surface area contributed by atoms with Gasteiger partial charge in [0.15, 0.2) is 11.6 Å². The molecule has 0 atom stereocenters. The third kappa shape index (κ3) is 4.37. The van der Waals surface area contributed by atoms with E-state index in [1.165, 1.54) is 13.2 Å². The molecule has 0 saturated heterocycles. The van der Waals surface area contributed by atoms with Crippen LogP contribution in [0.3, 0.4) is 0 Å². The minimum Gasteiger partial charge on any atom is -0.494 e. The lowest BCUT2D eigenvalue weighted by Gasteiger charge is -2.27. The number of benzene rings is 2. The summed E-state index contributed by atoms with van der Waals surface area (Å²) in [5, 5.41) is 0. The lowest BCUT2D eigenvalue weighted by Crippen LogP contribution is -2.13. The summed E-state index contributed by atoms with van der Waals surface area (Å²) in [4.78, 5) is 0. The SMILES string of the molecule is CCc1ccc(C=CC2CCC(c3ccc(OC)c(F)c3F)CC2)cc1F. The molecule has 0 aliphatic heterocycles. The molecule has 0 amide bonds. The van der Waals surface area contributed by atoms with Crippen LogP contribution in [0.4, 0.5) is 13.2 Å². The Kier molecular flexibility index (Phi) is 6.25. The van der Waals surface area contributed by atoms with Crippen LogP contribution in [-0.4, -0.2) is 7.11 Å². The highest BCUT2D eigenvalue weighted by molar-refractivity contribution is 5.50. The largest absolute Gasteiger partial charge is 0.494 e. The number of halogens is 3. The van der Waals surface area contributed by atoms with Crippen molar-refractivity contribution in [3.63, 3.8) is 0 Å².